The van der Waals surface area contributed by atoms with Crippen LogP contribution in [-0.4, -0.2) is 31.9 Å². The first-order chi connectivity index (χ1) is 6.56. The van der Waals surface area contributed by atoms with E-state index in [9.17, 15) is 5.11 Å². The van der Waals surface area contributed by atoms with E-state index in [0.29, 0.717) is 6.61 Å². The molecule has 1 saturated heterocycles. The summed E-state index contributed by atoms with van der Waals surface area (Å²) in [5.41, 5.74) is 0. The van der Waals surface area contributed by atoms with E-state index in [4.69, 9.17) is 9.16 Å². The Morgan fingerprint density at radius 1 is 1.40 bits per heavy atom. The lowest BCUT2D eigenvalue weighted by molar-refractivity contribution is -0.195. The molecule has 0 aliphatic carbocycles. The van der Waals surface area contributed by atoms with Gasteiger partial charge in [0.05, 0.1) is 6.61 Å². The van der Waals surface area contributed by atoms with Crippen molar-refractivity contribution < 1.29 is 14.3 Å². The molecule has 1 rings (SSSR count). The maximum absolute atomic E-state index is 9.96. The van der Waals surface area contributed by atoms with Gasteiger partial charge >= 0.3 is 0 Å². The third-order valence-corrected chi connectivity index (χ3v) is 8.10. The minimum atomic E-state index is -1.80. The highest BCUT2D eigenvalue weighted by Crippen LogP contribution is 2.40. The van der Waals surface area contributed by atoms with E-state index in [1.807, 2.05) is 0 Å². The average molecular weight is 232 g/mol. The van der Waals surface area contributed by atoms with Crippen LogP contribution in [0, 0.1) is 0 Å². The minimum Gasteiger partial charge on any atom is -0.408 e. The van der Waals surface area contributed by atoms with Crippen LogP contribution in [0.5, 0.6) is 0 Å². The van der Waals surface area contributed by atoms with Gasteiger partial charge in [-0.2, -0.15) is 0 Å². The number of rotatable bonds is 2. The zero-order valence-corrected chi connectivity index (χ0v) is 11.8. The molecular weight excluding hydrogens is 208 g/mol. The molecule has 0 aromatic carbocycles. The van der Waals surface area contributed by atoms with Gasteiger partial charge in [-0.15, -0.1) is 0 Å². The predicted octanol–water partition coefficient (Wildman–Crippen LogP) is 2.51. The van der Waals surface area contributed by atoms with Gasteiger partial charge in [-0.05, 0) is 25.1 Å². The number of aliphatic hydroxyl groups is 1. The SMILES string of the molecule is CC1(O)OCC[C@@H]1O[Si](C)(C)C(C)(C)C. The summed E-state index contributed by atoms with van der Waals surface area (Å²) in [7, 11) is -1.80. The molecule has 1 fully saturated rings. The van der Waals surface area contributed by atoms with Crippen molar-refractivity contribution in [2.45, 2.75) is 64.1 Å². The van der Waals surface area contributed by atoms with Gasteiger partial charge < -0.3 is 14.3 Å². The molecule has 0 saturated carbocycles. The maximum Gasteiger partial charge on any atom is 0.192 e. The lowest BCUT2D eigenvalue weighted by Gasteiger charge is -2.40. The molecule has 1 heterocycles. The van der Waals surface area contributed by atoms with Gasteiger partial charge in [0, 0.05) is 6.42 Å². The van der Waals surface area contributed by atoms with Crippen molar-refractivity contribution in [1.82, 2.24) is 0 Å². The van der Waals surface area contributed by atoms with Gasteiger partial charge in [0.2, 0.25) is 0 Å². The van der Waals surface area contributed by atoms with Gasteiger partial charge in [-0.3, -0.25) is 0 Å². The zero-order chi connectivity index (χ0) is 11.9. The normalized spacial score (nSPS) is 33.4. The van der Waals surface area contributed by atoms with Gasteiger partial charge in [-0.1, -0.05) is 20.8 Å². The lowest BCUT2D eigenvalue weighted by Crippen LogP contribution is -2.49. The molecule has 0 aromatic heterocycles. The highest BCUT2D eigenvalue weighted by molar-refractivity contribution is 6.74. The molecule has 0 amide bonds. The Labute approximate surface area is 93.9 Å². The molecule has 1 unspecified atom stereocenters. The molecule has 0 radical (unpaired) electrons. The van der Waals surface area contributed by atoms with Crippen molar-refractivity contribution in [3.05, 3.63) is 0 Å². The van der Waals surface area contributed by atoms with Crippen molar-refractivity contribution >= 4 is 8.32 Å². The Morgan fingerprint density at radius 3 is 2.27 bits per heavy atom. The summed E-state index contributed by atoms with van der Waals surface area (Å²) < 4.78 is 11.4. The molecule has 3 nitrogen and oxygen atoms in total. The van der Waals surface area contributed by atoms with Crippen LogP contribution in [0.4, 0.5) is 0 Å². The van der Waals surface area contributed by atoms with Crippen molar-refractivity contribution in [2.24, 2.45) is 0 Å². The fourth-order valence-electron chi connectivity index (χ4n) is 1.43. The number of ether oxygens (including phenoxy) is 1. The first-order valence-corrected chi connectivity index (χ1v) is 8.51. The fourth-order valence-corrected chi connectivity index (χ4v) is 2.84. The summed E-state index contributed by atoms with van der Waals surface area (Å²) in [6.45, 7) is 13.3. The summed E-state index contributed by atoms with van der Waals surface area (Å²) in [5, 5.41) is 10.1. The highest BCUT2D eigenvalue weighted by Gasteiger charge is 2.46. The van der Waals surface area contributed by atoms with E-state index in [1.165, 1.54) is 0 Å². The monoisotopic (exact) mass is 232 g/mol. The van der Waals surface area contributed by atoms with E-state index in [0.717, 1.165) is 6.42 Å². The second-order valence-corrected chi connectivity index (χ2v) is 10.8. The summed E-state index contributed by atoms with van der Waals surface area (Å²) in [5.74, 6) is -1.10. The topological polar surface area (TPSA) is 38.7 Å². The second kappa shape index (κ2) is 3.84. The van der Waals surface area contributed by atoms with Gasteiger partial charge in [0.1, 0.15) is 6.10 Å². The summed E-state index contributed by atoms with van der Waals surface area (Å²) in [6, 6.07) is 0. The third-order valence-electron chi connectivity index (χ3n) is 3.61. The van der Waals surface area contributed by atoms with Crippen molar-refractivity contribution in [3.8, 4) is 0 Å². The molecule has 15 heavy (non-hydrogen) atoms. The Kier molecular flexibility index (Phi) is 3.37. The van der Waals surface area contributed by atoms with Crippen LogP contribution in [0.25, 0.3) is 0 Å². The Balaban J connectivity index is 2.70. The lowest BCUT2D eigenvalue weighted by atomic mass is 10.2. The Hall–Kier alpha value is 0.0969. The Bertz CT molecular complexity index is 230. The molecule has 0 bridgehead atoms. The summed E-state index contributed by atoms with van der Waals surface area (Å²) in [6.07, 6.45) is 0.623. The third kappa shape index (κ3) is 2.81. The zero-order valence-electron chi connectivity index (χ0n) is 10.8. The van der Waals surface area contributed by atoms with Crippen molar-refractivity contribution in [2.75, 3.05) is 6.61 Å². The largest absolute Gasteiger partial charge is 0.408 e. The predicted molar refractivity (Wildman–Crippen MR) is 63.3 cm³/mol. The van der Waals surface area contributed by atoms with E-state index >= 15 is 0 Å². The number of hydrogen-bond acceptors (Lipinski definition) is 3. The molecule has 0 spiro atoms. The summed E-state index contributed by atoms with van der Waals surface area (Å²) >= 11 is 0. The van der Waals surface area contributed by atoms with Gasteiger partial charge in [-0.25, -0.2) is 0 Å². The van der Waals surface area contributed by atoms with E-state index < -0.39 is 14.1 Å². The van der Waals surface area contributed by atoms with E-state index in [-0.39, 0.29) is 11.1 Å². The van der Waals surface area contributed by atoms with Crippen LogP contribution in [0.2, 0.25) is 18.1 Å². The molecule has 1 aliphatic rings. The van der Waals surface area contributed by atoms with E-state index in [1.54, 1.807) is 6.92 Å². The molecular formula is C11H24O3Si. The van der Waals surface area contributed by atoms with Crippen molar-refractivity contribution in [3.63, 3.8) is 0 Å². The van der Waals surface area contributed by atoms with Crippen LogP contribution >= 0.6 is 0 Å². The smallest absolute Gasteiger partial charge is 0.192 e. The molecule has 0 aromatic rings. The van der Waals surface area contributed by atoms with Crippen LogP contribution in [0.1, 0.15) is 34.1 Å². The first kappa shape index (κ1) is 13.2. The molecule has 90 valence electrons. The highest BCUT2D eigenvalue weighted by atomic mass is 28.4. The van der Waals surface area contributed by atoms with Crippen LogP contribution in [0.3, 0.4) is 0 Å². The standard InChI is InChI=1S/C11H24O3Si/c1-10(2,3)15(5,6)14-9-7-8-13-11(9,4)12/h9,12H,7-8H2,1-6H3/t9-,11?/m0/s1. The molecule has 2 atom stereocenters. The van der Waals surface area contributed by atoms with Crippen LogP contribution < -0.4 is 0 Å². The quantitative estimate of drug-likeness (QED) is 0.744. The minimum absolute atomic E-state index is 0.168. The average Bonchev–Trinajstić information content (AvgIpc) is 2.27. The van der Waals surface area contributed by atoms with Gasteiger partial charge in [0.25, 0.3) is 0 Å². The molecule has 4 heteroatoms. The van der Waals surface area contributed by atoms with Crippen molar-refractivity contribution in [1.29, 1.82) is 0 Å². The van der Waals surface area contributed by atoms with Crippen LogP contribution in [-0.2, 0) is 9.16 Å². The van der Waals surface area contributed by atoms with Gasteiger partial charge in [0.15, 0.2) is 14.1 Å². The van der Waals surface area contributed by atoms with Crippen LogP contribution in [0.15, 0.2) is 0 Å². The second-order valence-electron chi connectivity index (χ2n) is 6.06. The first-order valence-electron chi connectivity index (χ1n) is 5.60. The maximum atomic E-state index is 9.96. The van der Waals surface area contributed by atoms with E-state index in [2.05, 4.69) is 33.9 Å². The molecule has 1 aliphatic heterocycles. The number of hydrogen-bond donors (Lipinski definition) is 1. The summed E-state index contributed by atoms with van der Waals surface area (Å²) in [4.78, 5) is 0. The fraction of sp³-hybridized carbons (Fsp3) is 1.00. The molecule has 1 N–H and O–H groups in total. The Morgan fingerprint density at radius 2 is 1.93 bits per heavy atom.